The maximum Gasteiger partial charge on any atom is 0.303 e. The third kappa shape index (κ3) is 7.03. The molecule has 0 bridgehead atoms. The second-order valence-electron chi connectivity index (χ2n) is 4.05. The van der Waals surface area contributed by atoms with Crippen LogP contribution in [-0.4, -0.2) is 24.6 Å². The van der Waals surface area contributed by atoms with Crippen molar-refractivity contribution in [1.82, 2.24) is 0 Å². The Morgan fingerprint density at radius 1 is 1.16 bits per heavy atom. The molecule has 1 aromatic rings. The summed E-state index contributed by atoms with van der Waals surface area (Å²) in [5.41, 5.74) is 1.02. The Morgan fingerprint density at radius 3 is 2.42 bits per heavy atom. The first-order valence-electron chi connectivity index (χ1n) is 6.12. The van der Waals surface area contributed by atoms with E-state index in [1.54, 1.807) is 6.08 Å². The molecule has 0 aromatic heterocycles. The Balaban J connectivity index is 2.56. The topological polar surface area (TPSA) is 52.6 Å². The van der Waals surface area contributed by atoms with Crippen LogP contribution in [0.15, 0.2) is 36.4 Å². The molecule has 1 rings (SSSR count). The zero-order valence-corrected chi connectivity index (χ0v) is 11.2. The molecule has 0 radical (unpaired) electrons. The molecule has 102 valence electrons. The molecule has 4 heteroatoms. The summed E-state index contributed by atoms with van der Waals surface area (Å²) in [6, 6.07) is 9.70. The summed E-state index contributed by atoms with van der Waals surface area (Å²) in [6.07, 6.45) is 3.72. The first-order valence-corrected chi connectivity index (χ1v) is 6.12. The molecule has 0 N–H and O–H groups in total. The molecule has 1 unspecified atom stereocenters. The van der Waals surface area contributed by atoms with E-state index in [-0.39, 0.29) is 18.5 Å². The summed E-state index contributed by atoms with van der Waals surface area (Å²) in [5, 5.41) is 0. The molecule has 1 aromatic carbocycles. The lowest BCUT2D eigenvalue weighted by atomic mass is 10.1. The van der Waals surface area contributed by atoms with E-state index in [4.69, 9.17) is 9.47 Å². The van der Waals surface area contributed by atoms with Crippen LogP contribution < -0.4 is 0 Å². The van der Waals surface area contributed by atoms with Gasteiger partial charge in [0.1, 0.15) is 6.10 Å². The number of carbonyl (C=O) groups excluding carboxylic acids is 2. The van der Waals surface area contributed by atoms with Crippen molar-refractivity contribution < 1.29 is 19.1 Å². The number of esters is 2. The Labute approximate surface area is 113 Å². The van der Waals surface area contributed by atoms with Crippen molar-refractivity contribution in [2.24, 2.45) is 0 Å². The van der Waals surface area contributed by atoms with E-state index in [0.717, 1.165) is 5.56 Å². The van der Waals surface area contributed by atoms with Crippen LogP contribution in [0.1, 0.15) is 25.8 Å². The smallest absolute Gasteiger partial charge is 0.303 e. The normalized spacial score (nSPS) is 12.1. The van der Waals surface area contributed by atoms with E-state index in [2.05, 4.69) is 0 Å². The summed E-state index contributed by atoms with van der Waals surface area (Å²) in [7, 11) is 0. The fourth-order valence-corrected chi connectivity index (χ4v) is 1.51. The van der Waals surface area contributed by atoms with Crippen LogP contribution in [0.25, 0.3) is 6.08 Å². The van der Waals surface area contributed by atoms with Crippen LogP contribution in [0.2, 0.25) is 0 Å². The van der Waals surface area contributed by atoms with Gasteiger partial charge in [0.25, 0.3) is 0 Å². The van der Waals surface area contributed by atoms with Crippen molar-refractivity contribution >= 4 is 18.0 Å². The molecule has 4 nitrogen and oxygen atoms in total. The van der Waals surface area contributed by atoms with Crippen LogP contribution in [0, 0.1) is 0 Å². The predicted molar refractivity (Wildman–Crippen MR) is 72.3 cm³/mol. The maximum atomic E-state index is 11.0. The molecule has 19 heavy (non-hydrogen) atoms. The summed E-state index contributed by atoms with van der Waals surface area (Å²) in [6.45, 7) is 2.93. The summed E-state index contributed by atoms with van der Waals surface area (Å²) in [4.78, 5) is 21.7. The van der Waals surface area contributed by atoms with Crippen LogP contribution in [0.4, 0.5) is 0 Å². The molecule has 0 saturated heterocycles. The van der Waals surface area contributed by atoms with Gasteiger partial charge in [-0.1, -0.05) is 36.4 Å². The van der Waals surface area contributed by atoms with E-state index < -0.39 is 6.10 Å². The van der Waals surface area contributed by atoms with Crippen LogP contribution in [-0.2, 0) is 19.1 Å². The van der Waals surface area contributed by atoms with Crippen LogP contribution in [0.5, 0.6) is 0 Å². The summed E-state index contributed by atoms with van der Waals surface area (Å²) < 4.78 is 9.98. The average Bonchev–Trinajstić information content (AvgIpc) is 2.36. The molecule has 0 saturated carbocycles. The molecule has 0 amide bonds. The second-order valence-corrected chi connectivity index (χ2v) is 4.05. The molecule has 0 spiro atoms. The highest BCUT2D eigenvalue weighted by molar-refractivity contribution is 5.67. The zero-order chi connectivity index (χ0) is 14.1. The zero-order valence-electron chi connectivity index (χ0n) is 11.2. The van der Waals surface area contributed by atoms with Crippen molar-refractivity contribution in [3.8, 4) is 0 Å². The van der Waals surface area contributed by atoms with Crippen molar-refractivity contribution in [3.63, 3.8) is 0 Å². The van der Waals surface area contributed by atoms with Crippen LogP contribution in [0.3, 0.4) is 0 Å². The Morgan fingerprint density at radius 2 is 1.84 bits per heavy atom. The molecule has 0 fully saturated rings. The lowest BCUT2D eigenvalue weighted by Gasteiger charge is -2.12. The number of carbonyl (C=O) groups is 2. The monoisotopic (exact) mass is 262 g/mol. The minimum atomic E-state index is -0.392. The Bertz CT molecular complexity index is 437. The van der Waals surface area contributed by atoms with Crippen molar-refractivity contribution in [3.05, 3.63) is 42.0 Å². The number of rotatable bonds is 6. The molecule has 0 heterocycles. The second kappa shape index (κ2) is 8.08. The maximum absolute atomic E-state index is 11.0. The van der Waals surface area contributed by atoms with Crippen molar-refractivity contribution in [1.29, 1.82) is 0 Å². The predicted octanol–water partition coefficient (Wildman–Crippen LogP) is 2.58. The first kappa shape index (κ1) is 15.0. The number of hydrogen-bond acceptors (Lipinski definition) is 4. The average molecular weight is 262 g/mol. The highest BCUT2D eigenvalue weighted by atomic mass is 16.6. The van der Waals surface area contributed by atoms with Gasteiger partial charge in [-0.25, -0.2) is 0 Å². The lowest BCUT2D eigenvalue weighted by Crippen LogP contribution is -2.17. The minimum Gasteiger partial charge on any atom is -0.466 e. The van der Waals surface area contributed by atoms with Crippen molar-refractivity contribution in [2.75, 3.05) is 6.61 Å². The molecular formula is C15H18O4. The fourth-order valence-electron chi connectivity index (χ4n) is 1.51. The Kier molecular flexibility index (Phi) is 6.36. The Hall–Kier alpha value is -2.10. The van der Waals surface area contributed by atoms with Gasteiger partial charge >= 0.3 is 11.9 Å². The van der Waals surface area contributed by atoms with Crippen LogP contribution >= 0.6 is 0 Å². The van der Waals surface area contributed by atoms with Gasteiger partial charge in [0.05, 0.1) is 6.61 Å². The molecule has 0 aliphatic heterocycles. The van der Waals surface area contributed by atoms with Gasteiger partial charge in [0.15, 0.2) is 0 Å². The first-order chi connectivity index (χ1) is 9.08. The third-order valence-corrected chi connectivity index (χ3v) is 2.33. The van der Waals surface area contributed by atoms with Gasteiger partial charge in [-0.15, -0.1) is 0 Å². The van der Waals surface area contributed by atoms with Gasteiger partial charge < -0.3 is 9.47 Å². The van der Waals surface area contributed by atoms with Gasteiger partial charge in [-0.05, 0) is 11.6 Å². The van der Waals surface area contributed by atoms with E-state index in [9.17, 15) is 9.59 Å². The molecule has 0 aliphatic rings. The molecule has 0 aliphatic carbocycles. The third-order valence-electron chi connectivity index (χ3n) is 2.33. The number of benzene rings is 1. The highest BCUT2D eigenvalue weighted by Crippen LogP contribution is 2.07. The number of ether oxygens (including phenoxy) is 2. The standard InChI is InChI=1S/C15H18O4/c1-12(16)18-11-10-15(19-13(2)17)9-8-14-6-4-3-5-7-14/h3-9,15H,10-11H2,1-2H3/b9-8+. The van der Waals surface area contributed by atoms with Gasteiger partial charge in [-0.3, -0.25) is 9.59 Å². The van der Waals surface area contributed by atoms with E-state index >= 15 is 0 Å². The van der Waals surface area contributed by atoms with E-state index in [0.29, 0.717) is 6.42 Å². The fraction of sp³-hybridized carbons (Fsp3) is 0.333. The largest absolute Gasteiger partial charge is 0.466 e. The number of hydrogen-bond donors (Lipinski definition) is 0. The van der Waals surface area contributed by atoms with E-state index in [1.165, 1.54) is 13.8 Å². The van der Waals surface area contributed by atoms with Gasteiger partial charge in [0.2, 0.25) is 0 Å². The summed E-state index contributed by atoms with van der Waals surface area (Å²) >= 11 is 0. The van der Waals surface area contributed by atoms with Gasteiger partial charge in [-0.2, -0.15) is 0 Å². The highest BCUT2D eigenvalue weighted by Gasteiger charge is 2.09. The van der Waals surface area contributed by atoms with E-state index in [1.807, 2.05) is 36.4 Å². The van der Waals surface area contributed by atoms with Gasteiger partial charge in [0, 0.05) is 20.3 Å². The van der Waals surface area contributed by atoms with Crippen molar-refractivity contribution in [2.45, 2.75) is 26.4 Å². The minimum absolute atomic E-state index is 0.229. The SMILES string of the molecule is CC(=O)OCCC(/C=C/c1ccccc1)OC(C)=O. The molecular weight excluding hydrogens is 244 g/mol. The summed E-state index contributed by atoms with van der Waals surface area (Å²) in [5.74, 6) is -0.695. The lowest BCUT2D eigenvalue weighted by molar-refractivity contribution is -0.146. The quantitative estimate of drug-likeness (QED) is 0.739. The molecule has 1 atom stereocenters.